The fourth-order valence-electron chi connectivity index (χ4n) is 1.91. The Labute approximate surface area is 129 Å². The lowest BCUT2D eigenvalue weighted by Crippen LogP contribution is -2.28. The van der Waals surface area contributed by atoms with Gasteiger partial charge in [-0.05, 0) is 42.8 Å². The van der Waals surface area contributed by atoms with Crippen LogP contribution in [0.25, 0.3) is 0 Å². The molecule has 1 heterocycles. The third-order valence-corrected chi connectivity index (χ3v) is 3.21. The summed E-state index contributed by atoms with van der Waals surface area (Å²) in [5, 5.41) is 12.5. The van der Waals surface area contributed by atoms with Crippen LogP contribution in [0.1, 0.15) is 42.0 Å². The summed E-state index contributed by atoms with van der Waals surface area (Å²) in [6.07, 6.45) is 2.72. The third kappa shape index (κ3) is 4.63. The molecule has 118 valence electrons. The fraction of sp³-hybridized carbons (Fsp3) is 0.353. The van der Waals surface area contributed by atoms with Crippen LogP contribution in [-0.2, 0) is 0 Å². The van der Waals surface area contributed by atoms with Gasteiger partial charge in [-0.1, -0.05) is 13.3 Å². The molecule has 0 aliphatic carbocycles. The quantitative estimate of drug-likeness (QED) is 0.736. The van der Waals surface area contributed by atoms with Gasteiger partial charge in [0.15, 0.2) is 0 Å². The topological polar surface area (TPSA) is 71.7 Å². The van der Waals surface area contributed by atoms with E-state index >= 15 is 0 Å². The van der Waals surface area contributed by atoms with Gasteiger partial charge in [0.25, 0.3) is 5.91 Å². The standard InChI is InChI=1S/C17H21NO4/c1-2-3-10-21-14-8-6-13(7-9-14)17(20)18-12-15(19)16-5-4-11-22-16/h4-9,11,15,19H,2-3,10,12H2,1H3,(H,18,20). The smallest absolute Gasteiger partial charge is 0.251 e. The zero-order valence-electron chi connectivity index (χ0n) is 12.6. The minimum atomic E-state index is -0.851. The van der Waals surface area contributed by atoms with Gasteiger partial charge in [-0.3, -0.25) is 4.79 Å². The average molecular weight is 303 g/mol. The molecule has 1 atom stereocenters. The molecule has 5 heteroatoms. The lowest BCUT2D eigenvalue weighted by atomic mass is 10.2. The van der Waals surface area contributed by atoms with Gasteiger partial charge in [-0.2, -0.15) is 0 Å². The lowest BCUT2D eigenvalue weighted by Gasteiger charge is -2.10. The molecule has 2 rings (SSSR count). The summed E-state index contributed by atoms with van der Waals surface area (Å²) in [6, 6.07) is 10.3. The zero-order valence-corrected chi connectivity index (χ0v) is 12.6. The van der Waals surface area contributed by atoms with Crippen LogP contribution in [0.2, 0.25) is 0 Å². The summed E-state index contributed by atoms with van der Waals surface area (Å²) in [7, 11) is 0. The van der Waals surface area contributed by atoms with Crippen LogP contribution in [0.5, 0.6) is 5.75 Å². The number of ether oxygens (including phenoxy) is 1. The first-order valence-corrected chi connectivity index (χ1v) is 7.43. The predicted molar refractivity (Wildman–Crippen MR) is 82.8 cm³/mol. The maximum absolute atomic E-state index is 12.0. The molecule has 22 heavy (non-hydrogen) atoms. The highest BCUT2D eigenvalue weighted by atomic mass is 16.5. The monoisotopic (exact) mass is 303 g/mol. The number of amides is 1. The molecule has 5 nitrogen and oxygen atoms in total. The van der Waals surface area contributed by atoms with Gasteiger partial charge in [0.05, 0.1) is 19.4 Å². The number of carbonyl (C=O) groups excluding carboxylic acids is 1. The highest BCUT2D eigenvalue weighted by molar-refractivity contribution is 5.94. The number of nitrogens with one attached hydrogen (secondary N) is 1. The van der Waals surface area contributed by atoms with Crippen LogP contribution in [0.4, 0.5) is 0 Å². The van der Waals surface area contributed by atoms with Gasteiger partial charge in [-0.15, -0.1) is 0 Å². The molecule has 0 radical (unpaired) electrons. The van der Waals surface area contributed by atoms with Crippen molar-refractivity contribution in [3.8, 4) is 5.75 Å². The SMILES string of the molecule is CCCCOc1ccc(C(=O)NCC(O)c2ccco2)cc1. The molecule has 1 aromatic carbocycles. The third-order valence-electron chi connectivity index (χ3n) is 3.21. The van der Waals surface area contributed by atoms with Crippen molar-refractivity contribution >= 4 is 5.91 Å². The maximum atomic E-state index is 12.0. The van der Waals surface area contributed by atoms with Crippen molar-refractivity contribution in [1.29, 1.82) is 0 Å². The number of carbonyl (C=O) groups is 1. The number of furan rings is 1. The van der Waals surface area contributed by atoms with Gasteiger partial charge in [0.1, 0.15) is 17.6 Å². The number of aliphatic hydroxyl groups is 1. The number of rotatable bonds is 8. The molecule has 0 aliphatic rings. The van der Waals surface area contributed by atoms with E-state index in [0.29, 0.717) is 17.9 Å². The number of hydrogen-bond acceptors (Lipinski definition) is 4. The molecule has 0 aliphatic heterocycles. The Hall–Kier alpha value is -2.27. The second-order valence-corrected chi connectivity index (χ2v) is 4.97. The van der Waals surface area contributed by atoms with E-state index in [4.69, 9.17) is 9.15 Å². The molecular formula is C17H21NO4. The first-order chi connectivity index (χ1) is 10.7. The van der Waals surface area contributed by atoms with Crippen molar-refractivity contribution in [2.75, 3.05) is 13.2 Å². The minimum absolute atomic E-state index is 0.0983. The Morgan fingerprint density at radius 3 is 2.73 bits per heavy atom. The molecule has 1 amide bonds. The highest BCUT2D eigenvalue weighted by Gasteiger charge is 2.12. The van der Waals surface area contributed by atoms with E-state index in [1.165, 1.54) is 6.26 Å². The summed E-state index contributed by atoms with van der Waals surface area (Å²) in [6.45, 7) is 2.88. The number of unbranched alkanes of at least 4 members (excludes halogenated alkanes) is 1. The normalized spacial score (nSPS) is 11.9. The Bertz CT molecular complexity index is 563. The lowest BCUT2D eigenvalue weighted by molar-refractivity contribution is 0.0901. The molecule has 1 aromatic heterocycles. The maximum Gasteiger partial charge on any atom is 0.251 e. The van der Waals surface area contributed by atoms with Gasteiger partial charge >= 0.3 is 0 Å². The summed E-state index contributed by atoms with van der Waals surface area (Å²) in [4.78, 5) is 12.0. The van der Waals surface area contributed by atoms with E-state index in [0.717, 1.165) is 18.6 Å². The molecule has 2 aromatic rings. The summed E-state index contributed by atoms with van der Waals surface area (Å²) < 4.78 is 10.6. The van der Waals surface area contributed by atoms with Crippen molar-refractivity contribution in [3.63, 3.8) is 0 Å². The van der Waals surface area contributed by atoms with Crippen LogP contribution in [0.3, 0.4) is 0 Å². The molecule has 0 spiro atoms. The van der Waals surface area contributed by atoms with Crippen molar-refractivity contribution in [1.82, 2.24) is 5.32 Å². The number of aliphatic hydroxyl groups excluding tert-OH is 1. The molecule has 0 saturated carbocycles. The Balaban J connectivity index is 1.82. The average Bonchev–Trinajstić information content (AvgIpc) is 3.08. The highest BCUT2D eigenvalue weighted by Crippen LogP contribution is 2.14. The predicted octanol–water partition coefficient (Wildman–Crippen LogP) is 2.92. The summed E-state index contributed by atoms with van der Waals surface area (Å²) in [5.74, 6) is 0.936. The molecule has 2 N–H and O–H groups in total. The van der Waals surface area contributed by atoms with E-state index in [-0.39, 0.29) is 12.5 Å². The summed E-state index contributed by atoms with van der Waals surface area (Å²) in [5.41, 5.74) is 0.523. The van der Waals surface area contributed by atoms with Crippen LogP contribution in [-0.4, -0.2) is 24.2 Å². The van der Waals surface area contributed by atoms with Gasteiger partial charge in [-0.25, -0.2) is 0 Å². The van der Waals surface area contributed by atoms with E-state index in [2.05, 4.69) is 12.2 Å². The molecule has 0 bridgehead atoms. The van der Waals surface area contributed by atoms with E-state index in [1.807, 2.05) is 0 Å². The Morgan fingerprint density at radius 2 is 2.09 bits per heavy atom. The van der Waals surface area contributed by atoms with Crippen LogP contribution in [0.15, 0.2) is 47.1 Å². The van der Waals surface area contributed by atoms with Crippen LogP contribution in [0, 0.1) is 0 Å². The van der Waals surface area contributed by atoms with E-state index < -0.39 is 6.10 Å². The zero-order chi connectivity index (χ0) is 15.8. The van der Waals surface area contributed by atoms with Crippen molar-refractivity contribution in [3.05, 3.63) is 54.0 Å². The first-order valence-electron chi connectivity index (χ1n) is 7.43. The van der Waals surface area contributed by atoms with Gasteiger partial charge in [0.2, 0.25) is 0 Å². The Kier molecular flexibility index (Phi) is 6.03. The molecule has 1 unspecified atom stereocenters. The van der Waals surface area contributed by atoms with Crippen molar-refractivity contribution in [2.24, 2.45) is 0 Å². The molecular weight excluding hydrogens is 282 g/mol. The number of hydrogen-bond donors (Lipinski definition) is 2. The van der Waals surface area contributed by atoms with Crippen molar-refractivity contribution < 1.29 is 19.1 Å². The Morgan fingerprint density at radius 1 is 1.32 bits per heavy atom. The van der Waals surface area contributed by atoms with Gasteiger partial charge in [0, 0.05) is 5.56 Å². The first kappa shape index (κ1) is 16.1. The van der Waals surface area contributed by atoms with E-state index in [9.17, 15) is 9.90 Å². The van der Waals surface area contributed by atoms with Gasteiger partial charge < -0.3 is 19.6 Å². The second-order valence-electron chi connectivity index (χ2n) is 4.97. The van der Waals surface area contributed by atoms with Crippen LogP contribution >= 0.6 is 0 Å². The van der Waals surface area contributed by atoms with Crippen LogP contribution < -0.4 is 10.1 Å². The molecule has 0 fully saturated rings. The van der Waals surface area contributed by atoms with E-state index in [1.54, 1.807) is 36.4 Å². The summed E-state index contributed by atoms with van der Waals surface area (Å²) >= 11 is 0. The fourth-order valence-corrected chi connectivity index (χ4v) is 1.91. The second kappa shape index (κ2) is 8.24. The minimum Gasteiger partial charge on any atom is -0.494 e. The molecule has 0 saturated heterocycles. The van der Waals surface area contributed by atoms with Crippen molar-refractivity contribution in [2.45, 2.75) is 25.9 Å². The number of benzene rings is 1. The largest absolute Gasteiger partial charge is 0.494 e.